The molecule has 0 amide bonds. The van der Waals surface area contributed by atoms with Crippen molar-refractivity contribution in [2.45, 2.75) is 30.7 Å². The molecule has 0 aliphatic heterocycles. The van der Waals surface area contributed by atoms with Gasteiger partial charge in [0.1, 0.15) is 5.01 Å². The lowest BCUT2D eigenvalue weighted by atomic mass is 10.0. The van der Waals surface area contributed by atoms with Gasteiger partial charge in [-0.2, -0.15) is 0 Å². The molecule has 0 radical (unpaired) electrons. The van der Waals surface area contributed by atoms with E-state index in [0.29, 0.717) is 5.92 Å². The largest absolute Gasteiger partial charge is 0.244 e. The molecular weight excluding hydrogens is 314 g/mol. The van der Waals surface area contributed by atoms with Gasteiger partial charge in [-0.25, -0.2) is 9.67 Å². The van der Waals surface area contributed by atoms with E-state index < -0.39 is 0 Å². The highest BCUT2D eigenvalue weighted by atomic mass is 32.2. The Morgan fingerprint density at radius 3 is 2.64 bits per heavy atom. The van der Waals surface area contributed by atoms with Crippen molar-refractivity contribution in [2.75, 3.05) is 0 Å². The third-order valence-corrected chi connectivity index (χ3v) is 5.59. The number of benzene rings is 1. The van der Waals surface area contributed by atoms with E-state index in [-0.39, 0.29) is 0 Å². The molecule has 0 fully saturated rings. The Kier molecular flexibility index (Phi) is 4.54. The number of hydrogen-bond acceptors (Lipinski definition) is 6. The lowest BCUT2D eigenvalue weighted by molar-refractivity contribution is 0.664. The Labute approximate surface area is 137 Å². The van der Waals surface area contributed by atoms with Crippen molar-refractivity contribution < 1.29 is 0 Å². The fourth-order valence-corrected chi connectivity index (χ4v) is 3.79. The van der Waals surface area contributed by atoms with Crippen molar-refractivity contribution >= 4 is 23.1 Å². The minimum atomic E-state index is 0.553. The van der Waals surface area contributed by atoms with E-state index in [2.05, 4.69) is 58.6 Å². The van der Waals surface area contributed by atoms with Crippen molar-refractivity contribution in [1.29, 1.82) is 0 Å². The van der Waals surface area contributed by atoms with E-state index in [4.69, 9.17) is 0 Å². The molecule has 22 heavy (non-hydrogen) atoms. The van der Waals surface area contributed by atoms with E-state index >= 15 is 0 Å². The predicted octanol–water partition coefficient (Wildman–Crippen LogP) is 3.75. The zero-order valence-corrected chi connectivity index (χ0v) is 14.4. The molecule has 0 N–H and O–H groups in total. The van der Waals surface area contributed by atoms with Gasteiger partial charge in [0.25, 0.3) is 0 Å². The number of nitrogens with zero attached hydrogens (tertiary/aromatic N) is 5. The molecule has 0 aliphatic rings. The molecule has 2 heterocycles. The monoisotopic (exact) mass is 331 g/mol. The molecule has 0 atom stereocenters. The Morgan fingerprint density at radius 1 is 1.23 bits per heavy atom. The first kappa shape index (κ1) is 15.2. The van der Waals surface area contributed by atoms with Crippen LogP contribution in [0.5, 0.6) is 0 Å². The summed E-state index contributed by atoms with van der Waals surface area (Å²) in [6.07, 6.45) is 1.94. The molecule has 114 valence electrons. The van der Waals surface area contributed by atoms with Crippen LogP contribution in [0.4, 0.5) is 0 Å². The zero-order chi connectivity index (χ0) is 15.5. The minimum absolute atomic E-state index is 0.553. The quantitative estimate of drug-likeness (QED) is 0.666. The van der Waals surface area contributed by atoms with Gasteiger partial charge in [0.15, 0.2) is 0 Å². The van der Waals surface area contributed by atoms with Crippen molar-refractivity contribution in [3.05, 3.63) is 40.9 Å². The van der Waals surface area contributed by atoms with Gasteiger partial charge in [-0.15, -0.1) is 16.4 Å². The molecule has 0 aliphatic carbocycles. The summed E-state index contributed by atoms with van der Waals surface area (Å²) in [5.41, 5.74) is 2.52. The van der Waals surface area contributed by atoms with Gasteiger partial charge in [-0.3, -0.25) is 0 Å². The van der Waals surface area contributed by atoms with Crippen LogP contribution in [0.25, 0.3) is 10.6 Å². The zero-order valence-electron chi connectivity index (χ0n) is 12.7. The van der Waals surface area contributed by atoms with Crippen LogP contribution in [0.2, 0.25) is 0 Å². The molecule has 1 aromatic carbocycles. The maximum Gasteiger partial charge on any atom is 0.209 e. The van der Waals surface area contributed by atoms with Crippen LogP contribution in [0.3, 0.4) is 0 Å². The second-order valence-corrected chi connectivity index (χ2v) is 7.34. The van der Waals surface area contributed by atoms with Gasteiger partial charge in [0.2, 0.25) is 5.16 Å². The first-order valence-corrected chi connectivity index (χ1v) is 8.84. The molecule has 3 aromatic rings. The van der Waals surface area contributed by atoms with Gasteiger partial charge in [-0.1, -0.05) is 49.9 Å². The summed E-state index contributed by atoms with van der Waals surface area (Å²) in [4.78, 5) is 5.75. The van der Waals surface area contributed by atoms with Crippen molar-refractivity contribution in [3.8, 4) is 10.6 Å². The van der Waals surface area contributed by atoms with Gasteiger partial charge >= 0.3 is 0 Å². The summed E-state index contributed by atoms with van der Waals surface area (Å²) in [7, 11) is 1.84. The topological polar surface area (TPSA) is 56.5 Å². The maximum atomic E-state index is 4.53. The number of aromatic nitrogens is 5. The normalized spacial score (nSPS) is 11.3. The van der Waals surface area contributed by atoms with Crippen LogP contribution in [0, 0.1) is 0 Å². The first-order valence-electron chi connectivity index (χ1n) is 7.03. The predicted molar refractivity (Wildman–Crippen MR) is 90.0 cm³/mol. The number of thiazole rings is 1. The lowest BCUT2D eigenvalue weighted by Crippen LogP contribution is -1.92. The summed E-state index contributed by atoms with van der Waals surface area (Å²) in [5, 5.41) is 13.3. The second kappa shape index (κ2) is 6.58. The molecular formula is C15H17N5S2. The molecule has 0 bridgehead atoms. The van der Waals surface area contributed by atoms with Crippen molar-refractivity contribution in [3.63, 3.8) is 0 Å². The van der Waals surface area contributed by atoms with Crippen LogP contribution >= 0.6 is 23.1 Å². The Bertz CT molecular complexity index is 745. The maximum absolute atomic E-state index is 4.53. The smallest absolute Gasteiger partial charge is 0.209 e. The summed E-state index contributed by atoms with van der Waals surface area (Å²) in [6, 6.07) is 8.66. The standard InChI is InChI=1S/C15H17N5S2/c1-10(2)11-4-6-12(7-5-11)14-16-8-13(22-14)9-21-15-17-18-19-20(15)3/h4-8,10H,9H2,1-3H3. The van der Waals surface area contributed by atoms with E-state index in [1.165, 1.54) is 16.0 Å². The van der Waals surface area contributed by atoms with E-state index in [9.17, 15) is 0 Å². The third kappa shape index (κ3) is 3.36. The van der Waals surface area contributed by atoms with Gasteiger partial charge in [0.05, 0.1) is 0 Å². The lowest BCUT2D eigenvalue weighted by Gasteiger charge is -2.05. The van der Waals surface area contributed by atoms with Crippen LogP contribution in [-0.2, 0) is 12.8 Å². The van der Waals surface area contributed by atoms with Crippen LogP contribution in [-0.4, -0.2) is 25.2 Å². The average molecular weight is 331 g/mol. The van der Waals surface area contributed by atoms with Crippen molar-refractivity contribution in [2.24, 2.45) is 7.05 Å². The van der Waals surface area contributed by atoms with E-state index in [0.717, 1.165) is 15.9 Å². The summed E-state index contributed by atoms with van der Waals surface area (Å²) in [5.74, 6) is 1.38. The highest BCUT2D eigenvalue weighted by Crippen LogP contribution is 2.30. The SMILES string of the molecule is CC(C)c1ccc(-c2ncc(CSc3nnnn3C)s2)cc1. The highest BCUT2D eigenvalue weighted by Gasteiger charge is 2.08. The number of hydrogen-bond donors (Lipinski definition) is 0. The molecule has 0 saturated carbocycles. The minimum Gasteiger partial charge on any atom is -0.244 e. The number of rotatable bonds is 5. The fourth-order valence-electron chi connectivity index (χ4n) is 2.00. The molecule has 2 aromatic heterocycles. The summed E-state index contributed by atoms with van der Waals surface area (Å²) in [6.45, 7) is 4.41. The Balaban J connectivity index is 1.69. The molecule has 7 heteroatoms. The van der Waals surface area contributed by atoms with Crippen LogP contribution in [0.15, 0.2) is 35.6 Å². The van der Waals surface area contributed by atoms with Gasteiger partial charge in [-0.05, 0) is 21.9 Å². The number of tetrazole rings is 1. The Hall–Kier alpha value is -1.73. The Morgan fingerprint density at radius 2 is 2.00 bits per heavy atom. The number of aryl methyl sites for hydroxylation is 1. The molecule has 0 unspecified atom stereocenters. The molecule has 5 nitrogen and oxygen atoms in total. The van der Waals surface area contributed by atoms with Gasteiger partial charge in [0, 0.05) is 29.4 Å². The third-order valence-electron chi connectivity index (χ3n) is 3.30. The fraction of sp³-hybridized carbons (Fsp3) is 0.333. The van der Waals surface area contributed by atoms with Crippen LogP contribution in [0.1, 0.15) is 30.2 Å². The summed E-state index contributed by atoms with van der Waals surface area (Å²) < 4.78 is 1.68. The van der Waals surface area contributed by atoms with Crippen LogP contribution < -0.4 is 0 Å². The highest BCUT2D eigenvalue weighted by molar-refractivity contribution is 7.98. The van der Waals surface area contributed by atoms with Gasteiger partial charge < -0.3 is 0 Å². The van der Waals surface area contributed by atoms with E-state index in [1.54, 1.807) is 27.8 Å². The second-order valence-electron chi connectivity index (χ2n) is 5.28. The first-order chi connectivity index (χ1) is 10.6. The molecule has 3 rings (SSSR count). The molecule has 0 saturated heterocycles. The van der Waals surface area contributed by atoms with E-state index in [1.807, 2.05) is 13.2 Å². The number of thioether (sulfide) groups is 1. The molecule has 0 spiro atoms. The summed E-state index contributed by atoms with van der Waals surface area (Å²) >= 11 is 3.34. The average Bonchev–Trinajstić information content (AvgIpc) is 3.14. The van der Waals surface area contributed by atoms with Crippen molar-refractivity contribution in [1.82, 2.24) is 25.2 Å².